The Morgan fingerprint density at radius 3 is 2.50 bits per heavy atom. The molecular weight excluding hydrogens is 248 g/mol. The van der Waals surface area contributed by atoms with Crippen molar-refractivity contribution in [3.8, 4) is 0 Å². The van der Waals surface area contributed by atoms with Crippen LogP contribution in [0.2, 0.25) is 0 Å². The molecule has 2 rings (SSSR count). The van der Waals surface area contributed by atoms with Crippen LogP contribution in [-0.4, -0.2) is 18.5 Å². The zero-order chi connectivity index (χ0) is 14.5. The lowest BCUT2D eigenvalue weighted by Gasteiger charge is -2.29. The average molecular weight is 274 g/mol. The molecule has 2 N–H and O–H groups in total. The van der Waals surface area contributed by atoms with Crippen molar-refractivity contribution in [1.82, 2.24) is 5.32 Å². The number of carbonyl (C=O) groups is 1. The van der Waals surface area contributed by atoms with Gasteiger partial charge in [-0.2, -0.15) is 0 Å². The normalized spacial score (nSPS) is 22.4. The fourth-order valence-electron chi connectivity index (χ4n) is 3.05. The van der Waals surface area contributed by atoms with Gasteiger partial charge in [-0.15, -0.1) is 0 Å². The van der Waals surface area contributed by atoms with E-state index in [4.69, 9.17) is 0 Å². The summed E-state index contributed by atoms with van der Waals surface area (Å²) in [4.78, 5) is 12.1. The molecule has 2 atom stereocenters. The van der Waals surface area contributed by atoms with Crippen molar-refractivity contribution in [2.45, 2.75) is 52.5 Å². The summed E-state index contributed by atoms with van der Waals surface area (Å²) in [6.45, 7) is 6.73. The van der Waals surface area contributed by atoms with E-state index in [0.717, 1.165) is 12.1 Å². The minimum Gasteiger partial charge on any atom is -0.376 e. The minimum absolute atomic E-state index is 0.103. The van der Waals surface area contributed by atoms with Crippen molar-refractivity contribution < 1.29 is 4.79 Å². The van der Waals surface area contributed by atoms with Gasteiger partial charge in [-0.1, -0.05) is 38.0 Å². The molecule has 1 aliphatic carbocycles. The Morgan fingerprint density at radius 1 is 1.20 bits per heavy atom. The lowest BCUT2D eigenvalue weighted by Crippen LogP contribution is -2.43. The molecule has 1 aromatic rings. The van der Waals surface area contributed by atoms with Gasteiger partial charge in [-0.05, 0) is 43.7 Å². The lowest BCUT2D eigenvalue weighted by atomic mass is 9.86. The Hall–Kier alpha value is -1.51. The maximum Gasteiger partial charge on any atom is 0.239 e. The largest absolute Gasteiger partial charge is 0.376 e. The first-order chi connectivity index (χ1) is 9.58. The van der Waals surface area contributed by atoms with E-state index in [1.54, 1.807) is 0 Å². The summed E-state index contributed by atoms with van der Waals surface area (Å²) < 4.78 is 0. The zero-order valence-corrected chi connectivity index (χ0v) is 12.8. The summed E-state index contributed by atoms with van der Waals surface area (Å²) in [5.41, 5.74) is 3.45. The van der Waals surface area contributed by atoms with E-state index in [1.807, 2.05) is 6.07 Å². The topological polar surface area (TPSA) is 41.1 Å². The number of benzene rings is 1. The molecule has 0 bridgehead atoms. The van der Waals surface area contributed by atoms with Gasteiger partial charge < -0.3 is 10.6 Å². The van der Waals surface area contributed by atoms with Gasteiger partial charge in [0, 0.05) is 11.7 Å². The van der Waals surface area contributed by atoms with Crippen LogP contribution in [0, 0.1) is 19.8 Å². The molecule has 1 fully saturated rings. The number of nitrogens with one attached hydrogen (secondary N) is 2. The van der Waals surface area contributed by atoms with Crippen LogP contribution in [0.1, 0.15) is 43.7 Å². The molecule has 20 heavy (non-hydrogen) atoms. The molecular formula is C17H26N2O. The maximum absolute atomic E-state index is 12.1. The van der Waals surface area contributed by atoms with E-state index in [1.165, 1.54) is 30.4 Å². The third-order valence-electron chi connectivity index (χ3n) is 4.36. The highest BCUT2D eigenvalue weighted by Crippen LogP contribution is 2.23. The summed E-state index contributed by atoms with van der Waals surface area (Å²) in [5.74, 6) is 0.708. The van der Waals surface area contributed by atoms with Gasteiger partial charge in [0.05, 0.1) is 6.54 Å². The van der Waals surface area contributed by atoms with Crippen LogP contribution < -0.4 is 10.6 Å². The molecule has 3 nitrogen and oxygen atoms in total. The number of amides is 1. The molecule has 1 aliphatic rings. The van der Waals surface area contributed by atoms with Crippen molar-refractivity contribution in [1.29, 1.82) is 0 Å². The van der Waals surface area contributed by atoms with E-state index in [9.17, 15) is 4.79 Å². The van der Waals surface area contributed by atoms with E-state index < -0.39 is 0 Å². The number of para-hydroxylation sites is 1. The highest BCUT2D eigenvalue weighted by molar-refractivity contribution is 5.81. The third kappa shape index (κ3) is 3.75. The second-order valence-electron chi connectivity index (χ2n) is 6.06. The first kappa shape index (κ1) is 14.9. The summed E-state index contributed by atoms with van der Waals surface area (Å²) in [5, 5.41) is 6.45. The lowest BCUT2D eigenvalue weighted by molar-refractivity contribution is -0.120. The number of aryl methyl sites for hydroxylation is 2. The molecule has 110 valence electrons. The van der Waals surface area contributed by atoms with E-state index in [-0.39, 0.29) is 5.91 Å². The summed E-state index contributed by atoms with van der Waals surface area (Å²) in [7, 11) is 0. The molecule has 1 amide bonds. The summed E-state index contributed by atoms with van der Waals surface area (Å²) in [6.07, 6.45) is 4.89. The molecule has 0 aromatic heterocycles. The number of hydrogen-bond acceptors (Lipinski definition) is 2. The zero-order valence-electron chi connectivity index (χ0n) is 12.8. The minimum atomic E-state index is 0.103. The molecule has 0 saturated heterocycles. The van der Waals surface area contributed by atoms with Crippen LogP contribution in [0.25, 0.3) is 0 Å². The monoisotopic (exact) mass is 274 g/mol. The van der Waals surface area contributed by atoms with Crippen LogP contribution >= 0.6 is 0 Å². The molecule has 2 unspecified atom stereocenters. The Labute approximate surface area is 122 Å². The third-order valence-corrected chi connectivity index (χ3v) is 4.36. The first-order valence-corrected chi connectivity index (χ1v) is 7.67. The highest BCUT2D eigenvalue weighted by Gasteiger charge is 2.22. The quantitative estimate of drug-likeness (QED) is 0.883. The van der Waals surface area contributed by atoms with Crippen LogP contribution in [0.15, 0.2) is 18.2 Å². The second-order valence-corrected chi connectivity index (χ2v) is 6.06. The maximum atomic E-state index is 12.1. The fourth-order valence-corrected chi connectivity index (χ4v) is 3.05. The van der Waals surface area contributed by atoms with Gasteiger partial charge in [0.15, 0.2) is 0 Å². The molecule has 1 saturated carbocycles. The van der Waals surface area contributed by atoms with Gasteiger partial charge >= 0.3 is 0 Å². The van der Waals surface area contributed by atoms with Crippen molar-refractivity contribution >= 4 is 11.6 Å². The van der Waals surface area contributed by atoms with Crippen LogP contribution in [0.5, 0.6) is 0 Å². The van der Waals surface area contributed by atoms with Crippen molar-refractivity contribution in [2.75, 3.05) is 11.9 Å². The van der Waals surface area contributed by atoms with Crippen LogP contribution in [0.4, 0.5) is 5.69 Å². The number of anilines is 1. The van der Waals surface area contributed by atoms with Gasteiger partial charge in [0.25, 0.3) is 0 Å². The Morgan fingerprint density at radius 2 is 1.85 bits per heavy atom. The van der Waals surface area contributed by atoms with Crippen molar-refractivity contribution in [3.63, 3.8) is 0 Å². The van der Waals surface area contributed by atoms with Crippen molar-refractivity contribution in [3.05, 3.63) is 29.3 Å². The number of rotatable bonds is 4. The van der Waals surface area contributed by atoms with Gasteiger partial charge in [0.2, 0.25) is 5.91 Å². The molecule has 3 heteroatoms. The molecule has 1 aromatic carbocycles. The van der Waals surface area contributed by atoms with Crippen LogP contribution in [0.3, 0.4) is 0 Å². The van der Waals surface area contributed by atoms with Gasteiger partial charge in [-0.3, -0.25) is 4.79 Å². The second kappa shape index (κ2) is 6.78. The fraction of sp³-hybridized carbons (Fsp3) is 0.588. The summed E-state index contributed by atoms with van der Waals surface area (Å²) >= 11 is 0. The SMILES string of the molecule is Cc1cccc(C)c1NCC(=O)NC1CCCCC1C. The number of carbonyl (C=O) groups excluding carboxylic acids is 1. The number of hydrogen-bond donors (Lipinski definition) is 2. The van der Waals surface area contributed by atoms with Crippen molar-refractivity contribution in [2.24, 2.45) is 5.92 Å². The van der Waals surface area contributed by atoms with Gasteiger partial charge in [0.1, 0.15) is 0 Å². The van der Waals surface area contributed by atoms with E-state index in [2.05, 4.69) is 43.5 Å². The predicted octanol–water partition coefficient (Wildman–Crippen LogP) is 3.41. The predicted molar refractivity (Wildman–Crippen MR) is 84.0 cm³/mol. The Balaban J connectivity index is 1.86. The van der Waals surface area contributed by atoms with E-state index in [0.29, 0.717) is 18.5 Å². The Bertz CT molecular complexity index is 450. The van der Waals surface area contributed by atoms with E-state index >= 15 is 0 Å². The van der Waals surface area contributed by atoms with Gasteiger partial charge in [-0.25, -0.2) is 0 Å². The molecule has 0 aliphatic heterocycles. The smallest absolute Gasteiger partial charge is 0.239 e. The Kier molecular flexibility index (Phi) is 5.05. The molecule has 0 heterocycles. The highest BCUT2D eigenvalue weighted by atomic mass is 16.2. The molecule has 0 spiro atoms. The van der Waals surface area contributed by atoms with Crippen LogP contribution in [-0.2, 0) is 4.79 Å². The molecule has 0 radical (unpaired) electrons. The summed E-state index contributed by atoms with van der Waals surface area (Å²) in [6, 6.07) is 6.53. The first-order valence-electron chi connectivity index (χ1n) is 7.67. The standard InChI is InChI=1S/C17H26N2O/c1-12-7-4-5-10-15(12)19-16(20)11-18-17-13(2)8-6-9-14(17)3/h6,8-9,12,15,18H,4-5,7,10-11H2,1-3H3,(H,19,20). The average Bonchev–Trinajstić information content (AvgIpc) is 2.41.